The molecule has 2 amide bonds. The normalized spacial score (nSPS) is 14.7. The third-order valence-electron chi connectivity index (χ3n) is 6.70. The minimum Gasteiger partial charge on any atom is -0.491 e. The van der Waals surface area contributed by atoms with Gasteiger partial charge in [-0.05, 0) is 70.4 Å². The zero-order valence-electron chi connectivity index (χ0n) is 21.9. The van der Waals surface area contributed by atoms with E-state index in [4.69, 9.17) is 20.5 Å². The predicted octanol–water partition coefficient (Wildman–Crippen LogP) is 7.53. The van der Waals surface area contributed by atoms with Gasteiger partial charge in [-0.1, -0.05) is 78.3 Å². The Balaban J connectivity index is 1.27. The molecule has 1 saturated heterocycles. The van der Waals surface area contributed by atoms with Gasteiger partial charge in [0.1, 0.15) is 17.3 Å². The van der Waals surface area contributed by atoms with Crippen LogP contribution in [0.25, 0.3) is 27.6 Å². The first kappa shape index (κ1) is 27.8. The fraction of sp³-hybridized carbons (Fsp3) is 0.0625. The van der Waals surface area contributed by atoms with Crippen LogP contribution in [0.3, 0.4) is 0 Å². The number of halogens is 1. The highest BCUT2D eigenvalue weighted by atomic mass is 35.5. The number of benzene rings is 5. The van der Waals surface area contributed by atoms with Gasteiger partial charge in [0, 0.05) is 16.0 Å². The average Bonchev–Trinajstić information content (AvgIpc) is 3.26. The van der Waals surface area contributed by atoms with Gasteiger partial charge >= 0.3 is 10.1 Å². The van der Waals surface area contributed by atoms with Gasteiger partial charge in [-0.25, -0.2) is 0 Å². The van der Waals surface area contributed by atoms with Crippen molar-refractivity contribution in [3.63, 3.8) is 0 Å². The number of hydrogen-bond donors (Lipinski definition) is 0. The van der Waals surface area contributed by atoms with Gasteiger partial charge in [0.15, 0.2) is 5.75 Å². The molecule has 1 aliphatic rings. The van der Waals surface area contributed by atoms with E-state index in [-0.39, 0.29) is 28.7 Å². The summed E-state index contributed by atoms with van der Waals surface area (Å²) in [5.41, 5.74) is 0.364. The number of imide groups is 1. The molecule has 0 unspecified atom stereocenters. The molecule has 0 saturated carbocycles. The van der Waals surface area contributed by atoms with E-state index in [0.29, 0.717) is 21.7 Å². The molecule has 10 heteroatoms. The molecule has 0 aliphatic carbocycles. The van der Waals surface area contributed by atoms with Gasteiger partial charge in [-0.2, -0.15) is 8.42 Å². The molecule has 0 bridgehead atoms. The number of nitrogens with zero attached hydrogens (tertiary/aromatic N) is 1. The number of fused-ring (bicyclic) bond motifs is 2. The van der Waals surface area contributed by atoms with Crippen LogP contribution in [0.4, 0.5) is 4.79 Å². The maximum Gasteiger partial charge on any atom is 0.339 e. The Bertz CT molecular complexity index is 1990. The van der Waals surface area contributed by atoms with Crippen molar-refractivity contribution >= 4 is 72.2 Å². The summed E-state index contributed by atoms with van der Waals surface area (Å²) >= 11 is 6.70. The predicted molar refractivity (Wildman–Crippen MR) is 165 cm³/mol. The van der Waals surface area contributed by atoms with Crippen LogP contribution in [0.2, 0.25) is 5.02 Å². The third kappa shape index (κ3) is 5.59. The van der Waals surface area contributed by atoms with Crippen LogP contribution in [0.5, 0.6) is 11.5 Å². The highest BCUT2D eigenvalue weighted by Gasteiger charge is 2.35. The average molecular weight is 616 g/mol. The molecule has 0 radical (unpaired) electrons. The fourth-order valence-corrected chi connectivity index (χ4v) is 6.58. The first-order chi connectivity index (χ1) is 20.3. The SMILES string of the molecule is O=C1S/C(=C\c2c(OS(=O)(=O)c3ccc(Cl)cc3)ccc3ccccc23)C(=O)N1CCOc1cccc2ccccc12. The number of amides is 2. The Morgan fingerprint density at radius 1 is 0.762 bits per heavy atom. The van der Waals surface area contributed by atoms with E-state index in [2.05, 4.69) is 0 Å². The van der Waals surface area contributed by atoms with E-state index in [0.717, 1.165) is 32.8 Å². The number of carbonyl (C=O) groups excluding carboxylic acids is 2. The molecular weight excluding hydrogens is 594 g/mol. The molecule has 0 aromatic heterocycles. The molecule has 0 spiro atoms. The van der Waals surface area contributed by atoms with Crippen molar-refractivity contribution in [3.8, 4) is 11.5 Å². The Morgan fingerprint density at radius 2 is 1.43 bits per heavy atom. The van der Waals surface area contributed by atoms with Gasteiger partial charge in [-0.3, -0.25) is 14.5 Å². The summed E-state index contributed by atoms with van der Waals surface area (Å²) < 4.78 is 37.7. The highest BCUT2D eigenvalue weighted by molar-refractivity contribution is 8.18. The van der Waals surface area contributed by atoms with Gasteiger partial charge in [0.2, 0.25) is 0 Å². The Labute approximate surface area is 251 Å². The zero-order valence-corrected chi connectivity index (χ0v) is 24.3. The summed E-state index contributed by atoms with van der Waals surface area (Å²) in [7, 11) is -4.22. The second-order valence-corrected chi connectivity index (χ2v) is 12.3. The summed E-state index contributed by atoms with van der Waals surface area (Å²) in [6.07, 6.45) is 1.51. The molecule has 1 heterocycles. The Hall–Kier alpha value is -4.31. The van der Waals surface area contributed by atoms with Crippen molar-refractivity contribution in [2.45, 2.75) is 4.90 Å². The van der Waals surface area contributed by atoms with E-state index in [1.807, 2.05) is 54.6 Å². The van der Waals surface area contributed by atoms with Crippen LogP contribution in [-0.4, -0.2) is 37.6 Å². The van der Waals surface area contributed by atoms with Crippen LogP contribution in [-0.2, 0) is 14.9 Å². The quantitative estimate of drug-likeness (QED) is 0.132. The lowest BCUT2D eigenvalue weighted by molar-refractivity contribution is -0.123. The molecule has 5 aromatic carbocycles. The Kier molecular flexibility index (Phi) is 7.64. The lowest BCUT2D eigenvalue weighted by Crippen LogP contribution is -2.32. The summed E-state index contributed by atoms with van der Waals surface area (Å²) in [5, 5.41) is 3.37. The van der Waals surface area contributed by atoms with Crippen molar-refractivity contribution in [1.29, 1.82) is 0 Å². The second-order valence-electron chi connectivity index (χ2n) is 9.35. The molecule has 6 rings (SSSR count). The minimum atomic E-state index is -4.22. The van der Waals surface area contributed by atoms with Crippen molar-refractivity contribution in [2.75, 3.05) is 13.2 Å². The van der Waals surface area contributed by atoms with Crippen LogP contribution < -0.4 is 8.92 Å². The van der Waals surface area contributed by atoms with Gasteiger partial charge in [0.25, 0.3) is 11.1 Å². The Morgan fingerprint density at radius 3 is 2.19 bits per heavy atom. The third-order valence-corrected chi connectivity index (χ3v) is 9.11. The van der Waals surface area contributed by atoms with Crippen LogP contribution in [0.15, 0.2) is 113 Å². The largest absolute Gasteiger partial charge is 0.491 e. The molecule has 0 N–H and O–H groups in total. The van der Waals surface area contributed by atoms with Crippen LogP contribution in [0.1, 0.15) is 5.56 Å². The topological polar surface area (TPSA) is 90.0 Å². The smallest absolute Gasteiger partial charge is 0.339 e. The van der Waals surface area contributed by atoms with E-state index in [1.165, 1.54) is 36.4 Å². The number of thioether (sulfide) groups is 1. The first-order valence-corrected chi connectivity index (χ1v) is 15.5. The second kappa shape index (κ2) is 11.5. The fourth-order valence-electron chi connectivity index (χ4n) is 4.66. The van der Waals surface area contributed by atoms with Crippen LogP contribution >= 0.6 is 23.4 Å². The van der Waals surface area contributed by atoms with Crippen molar-refractivity contribution in [2.24, 2.45) is 0 Å². The van der Waals surface area contributed by atoms with E-state index >= 15 is 0 Å². The summed E-state index contributed by atoms with van der Waals surface area (Å²) in [6.45, 7) is 0.163. The molecule has 0 atom stereocenters. The number of rotatable bonds is 8. The van der Waals surface area contributed by atoms with Gasteiger partial charge < -0.3 is 8.92 Å². The number of ether oxygens (including phenoxy) is 1. The molecule has 1 fully saturated rings. The van der Waals surface area contributed by atoms with E-state index in [9.17, 15) is 18.0 Å². The maximum atomic E-state index is 13.3. The van der Waals surface area contributed by atoms with Gasteiger partial charge in [-0.15, -0.1) is 0 Å². The lowest BCUT2D eigenvalue weighted by Gasteiger charge is -2.14. The molecular formula is C32H22ClNO6S2. The van der Waals surface area contributed by atoms with E-state index < -0.39 is 21.3 Å². The maximum absolute atomic E-state index is 13.3. The molecule has 1 aliphatic heterocycles. The molecule has 210 valence electrons. The molecule has 5 aromatic rings. The van der Waals surface area contributed by atoms with Crippen molar-refractivity contribution in [3.05, 3.63) is 119 Å². The van der Waals surface area contributed by atoms with Gasteiger partial charge in [0.05, 0.1) is 11.4 Å². The van der Waals surface area contributed by atoms with E-state index in [1.54, 1.807) is 18.2 Å². The summed E-state index contributed by atoms with van der Waals surface area (Å²) in [6, 6.07) is 29.7. The molecule has 7 nitrogen and oxygen atoms in total. The van der Waals surface area contributed by atoms with Crippen molar-refractivity contribution in [1.82, 2.24) is 4.90 Å². The standard InChI is InChI=1S/C32H22ClNO6S2/c33-23-13-15-24(16-14-23)42(37,38)40-29-17-12-22-7-1-3-9-25(22)27(29)20-30-31(35)34(32(36)41-30)18-19-39-28-11-5-8-21-6-2-4-10-26(21)28/h1-17,20H,18-19H2/b30-20-. The van der Waals surface area contributed by atoms with Crippen LogP contribution in [0, 0.1) is 0 Å². The van der Waals surface area contributed by atoms with Crippen molar-refractivity contribution < 1.29 is 26.9 Å². The molecule has 42 heavy (non-hydrogen) atoms. The summed E-state index contributed by atoms with van der Waals surface area (Å²) in [4.78, 5) is 27.4. The monoisotopic (exact) mass is 615 g/mol. The zero-order chi connectivity index (χ0) is 29.3. The lowest BCUT2D eigenvalue weighted by atomic mass is 10.0. The highest BCUT2D eigenvalue weighted by Crippen LogP contribution is 2.38. The first-order valence-electron chi connectivity index (χ1n) is 12.9. The summed E-state index contributed by atoms with van der Waals surface area (Å²) in [5.74, 6) is 0.191. The number of hydrogen-bond acceptors (Lipinski definition) is 7. The number of carbonyl (C=O) groups is 2. The minimum absolute atomic E-state index is 0.0229.